The molecule has 7 heteroatoms. The lowest BCUT2D eigenvalue weighted by atomic mass is 9.86. The third kappa shape index (κ3) is 4.08. The number of hydrogen-bond donors (Lipinski definition) is 1. The number of carbonyl (C=O) groups excluding carboxylic acids is 3. The van der Waals surface area contributed by atoms with Gasteiger partial charge in [-0.25, -0.2) is 0 Å². The fraction of sp³-hybridized carbons (Fsp3) is 0.500. The Labute approximate surface area is 162 Å². The van der Waals surface area contributed by atoms with E-state index in [4.69, 9.17) is 0 Å². The van der Waals surface area contributed by atoms with E-state index < -0.39 is 0 Å². The zero-order chi connectivity index (χ0) is 18.8. The number of rotatable bonds is 6. The Morgan fingerprint density at radius 1 is 1.33 bits per heavy atom. The summed E-state index contributed by atoms with van der Waals surface area (Å²) in [7, 11) is 0. The van der Waals surface area contributed by atoms with Gasteiger partial charge in [-0.3, -0.25) is 24.3 Å². The van der Waals surface area contributed by atoms with Crippen LogP contribution in [0.1, 0.15) is 37.7 Å². The van der Waals surface area contributed by atoms with Crippen molar-refractivity contribution in [1.29, 1.82) is 0 Å². The van der Waals surface area contributed by atoms with Crippen LogP contribution in [0.15, 0.2) is 29.4 Å². The number of aromatic nitrogens is 1. The number of carbonyl (C=O) groups is 3. The molecule has 6 nitrogen and oxygen atoms in total. The lowest BCUT2D eigenvalue weighted by Crippen LogP contribution is -2.38. The van der Waals surface area contributed by atoms with Gasteiger partial charge in [-0.15, -0.1) is 0 Å². The van der Waals surface area contributed by atoms with Gasteiger partial charge in [0.15, 0.2) is 0 Å². The van der Waals surface area contributed by atoms with Crippen LogP contribution in [0.25, 0.3) is 6.08 Å². The molecule has 142 valence electrons. The molecule has 0 radical (unpaired) electrons. The molecule has 1 aromatic rings. The van der Waals surface area contributed by atoms with E-state index in [1.54, 1.807) is 24.5 Å². The zero-order valence-electron chi connectivity index (χ0n) is 15.1. The molecular formula is C20H23N3O3S. The van der Waals surface area contributed by atoms with Crippen LogP contribution in [0.4, 0.5) is 4.79 Å². The highest BCUT2D eigenvalue weighted by Gasteiger charge is 2.40. The number of imide groups is 1. The van der Waals surface area contributed by atoms with Crippen molar-refractivity contribution >= 4 is 34.9 Å². The van der Waals surface area contributed by atoms with Crippen LogP contribution in [0.5, 0.6) is 0 Å². The second-order valence-electron chi connectivity index (χ2n) is 7.61. The van der Waals surface area contributed by atoms with Crippen molar-refractivity contribution in [2.45, 2.75) is 32.1 Å². The summed E-state index contributed by atoms with van der Waals surface area (Å²) in [5, 5.41) is 2.58. The molecule has 2 saturated carbocycles. The average Bonchev–Trinajstić information content (AvgIpc) is 3.34. The van der Waals surface area contributed by atoms with Crippen LogP contribution < -0.4 is 5.32 Å². The molecule has 1 saturated heterocycles. The van der Waals surface area contributed by atoms with Crippen LogP contribution in [0.2, 0.25) is 0 Å². The van der Waals surface area contributed by atoms with Crippen molar-refractivity contribution in [3.63, 3.8) is 0 Å². The first-order valence-electron chi connectivity index (χ1n) is 9.52. The van der Waals surface area contributed by atoms with Gasteiger partial charge < -0.3 is 5.32 Å². The average molecular weight is 385 g/mol. The Balaban J connectivity index is 1.26. The fourth-order valence-electron chi connectivity index (χ4n) is 4.55. The smallest absolute Gasteiger partial charge is 0.293 e. The molecule has 2 aliphatic carbocycles. The van der Waals surface area contributed by atoms with E-state index in [0.29, 0.717) is 23.8 Å². The largest absolute Gasteiger partial charge is 0.354 e. The van der Waals surface area contributed by atoms with Gasteiger partial charge in [0.25, 0.3) is 11.1 Å². The molecule has 0 spiro atoms. The molecule has 3 fully saturated rings. The molecule has 3 amide bonds. The molecule has 0 aromatic carbocycles. The molecular weight excluding hydrogens is 362 g/mol. The Hall–Kier alpha value is -2.15. The van der Waals surface area contributed by atoms with E-state index in [9.17, 15) is 14.4 Å². The summed E-state index contributed by atoms with van der Waals surface area (Å²) in [5.74, 6) is 1.79. The van der Waals surface area contributed by atoms with Crippen molar-refractivity contribution < 1.29 is 14.4 Å². The minimum Gasteiger partial charge on any atom is -0.354 e. The summed E-state index contributed by atoms with van der Waals surface area (Å²) in [4.78, 5) is 42.4. The molecule has 3 atom stereocenters. The third-order valence-electron chi connectivity index (χ3n) is 5.85. The predicted molar refractivity (Wildman–Crippen MR) is 103 cm³/mol. The summed E-state index contributed by atoms with van der Waals surface area (Å²) in [6, 6.07) is 3.61. The number of fused-ring (bicyclic) bond motifs is 2. The maximum absolute atomic E-state index is 12.4. The molecule has 2 bridgehead atoms. The molecule has 2 heterocycles. The van der Waals surface area contributed by atoms with Gasteiger partial charge in [0.1, 0.15) is 0 Å². The number of thioether (sulfide) groups is 1. The third-order valence-corrected chi connectivity index (χ3v) is 6.75. The highest BCUT2D eigenvalue weighted by molar-refractivity contribution is 8.18. The maximum Gasteiger partial charge on any atom is 0.293 e. The Kier molecular flexibility index (Phi) is 5.29. The Morgan fingerprint density at radius 2 is 2.22 bits per heavy atom. The van der Waals surface area contributed by atoms with Gasteiger partial charge in [0.05, 0.1) is 4.91 Å². The van der Waals surface area contributed by atoms with Gasteiger partial charge in [-0.05, 0) is 66.5 Å². The molecule has 3 unspecified atom stereocenters. The van der Waals surface area contributed by atoms with Crippen molar-refractivity contribution in [3.05, 3.63) is 35.0 Å². The van der Waals surface area contributed by atoms with Gasteiger partial charge in [-0.1, -0.05) is 12.5 Å². The van der Waals surface area contributed by atoms with Crippen LogP contribution in [-0.2, 0) is 9.59 Å². The van der Waals surface area contributed by atoms with Crippen LogP contribution in [-0.4, -0.2) is 40.0 Å². The molecule has 27 heavy (non-hydrogen) atoms. The molecule has 1 aromatic heterocycles. The molecule has 4 rings (SSSR count). The summed E-state index contributed by atoms with van der Waals surface area (Å²) in [5.41, 5.74) is 0.780. The van der Waals surface area contributed by atoms with E-state index in [1.807, 2.05) is 6.07 Å². The number of hydrogen-bond acceptors (Lipinski definition) is 5. The van der Waals surface area contributed by atoms with Crippen molar-refractivity contribution in [3.8, 4) is 0 Å². The van der Waals surface area contributed by atoms with Gasteiger partial charge in [-0.2, -0.15) is 0 Å². The SMILES string of the molecule is O=C(CC1CC2CCC1C2)NCCN1C(=O)S/C(=C/c2cccnc2)C1=O. The Morgan fingerprint density at radius 3 is 2.93 bits per heavy atom. The first-order chi connectivity index (χ1) is 13.1. The maximum atomic E-state index is 12.4. The number of amides is 3. The molecule has 1 N–H and O–H groups in total. The first kappa shape index (κ1) is 18.2. The highest BCUT2D eigenvalue weighted by Crippen LogP contribution is 2.49. The number of nitrogens with one attached hydrogen (secondary N) is 1. The zero-order valence-corrected chi connectivity index (χ0v) is 15.9. The summed E-state index contributed by atoms with van der Waals surface area (Å²) < 4.78 is 0. The minimum absolute atomic E-state index is 0.0328. The fourth-order valence-corrected chi connectivity index (χ4v) is 5.41. The number of nitrogens with zero attached hydrogens (tertiary/aromatic N) is 2. The number of pyridine rings is 1. The second-order valence-corrected chi connectivity index (χ2v) is 8.60. The van der Waals surface area contributed by atoms with E-state index in [2.05, 4.69) is 10.3 Å². The van der Waals surface area contributed by atoms with Gasteiger partial charge >= 0.3 is 0 Å². The van der Waals surface area contributed by atoms with Crippen LogP contribution >= 0.6 is 11.8 Å². The highest BCUT2D eigenvalue weighted by atomic mass is 32.2. The van der Waals surface area contributed by atoms with E-state index >= 15 is 0 Å². The Bertz CT molecular complexity index is 780. The van der Waals surface area contributed by atoms with E-state index in [0.717, 1.165) is 29.2 Å². The van der Waals surface area contributed by atoms with E-state index in [1.165, 1.54) is 30.6 Å². The molecule has 3 aliphatic rings. The van der Waals surface area contributed by atoms with Gasteiger partial charge in [0, 0.05) is 31.9 Å². The normalized spacial score (nSPS) is 28.4. The van der Waals surface area contributed by atoms with Gasteiger partial charge in [0.2, 0.25) is 5.91 Å². The lowest BCUT2D eigenvalue weighted by Gasteiger charge is -2.21. The first-order valence-corrected chi connectivity index (χ1v) is 10.3. The topological polar surface area (TPSA) is 79.4 Å². The van der Waals surface area contributed by atoms with E-state index in [-0.39, 0.29) is 23.6 Å². The minimum atomic E-state index is -0.309. The molecule has 1 aliphatic heterocycles. The predicted octanol–water partition coefficient (Wildman–Crippen LogP) is 3.06. The standard InChI is InChI=1S/C20H23N3O3S/c24-18(11-16-9-13-3-4-15(16)8-13)22-6-7-23-19(25)17(27-20(23)26)10-14-2-1-5-21-12-14/h1-2,5,10,12-13,15-16H,3-4,6-9,11H2,(H,22,24)/b17-10+. The van der Waals surface area contributed by atoms with Crippen molar-refractivity contribution in [1.82, 2.24) is 15.2 Å². The van der Waals surface area contributed by atoms with Crippen LogP contribution in [0.3, 0.4) is 0 Å². The summed E-state index contributed by atoms with van der Waals surface area (Å²) >= 11 is 0.928. The van der Waals surface area contributed by atoms with Crippen molar-refractivity contribution in [2.24, 2.45) is 17.8 Å². The summed E-state index contributed by atoms with van der Waals surface area (Å²) in [6.07, 6.45) is 10.6. The lowest BCUT2D eigenvalue weighted by molar-refractivity contribution is -0.124. The summed E-state index contributed by atoms with van der Waals surface area (Å²) in [6.45, 7) is 0.509. The monoisotopic (exact) mass is 385 g/mol. The second kappa shape index (κ2) is 7.84. The quantitative estimate of drug-likeness (QED) is 0.762. The van der Waals surface area contributed by atoms with Crippen molar-refractivity contribution in [2.75, 3.05) is 13.1 Å². The van der Waals surface area contributed by atoms with Crippen LogP contribution in [0, 0.1) is 17.8 Å².